The first-order chi connectivity index (χ1) is 7.24. The second-order valence-corrected chi connectivity index (χ2v) is 5.84. The first-order valence-corrected chi connectivity index (χ1v) is 7.14. The molecule has 0 radical (unpaired) electrons. The molecule has 0 aromatic heterocycles. The zero-order chi connectivity index (χ0) is 10.7. The fraction of sp³-hybridized carbons (Fsp3) is 1.00. The summed E-state index contributed by atoms with van der Waals surface area (Å²) >= 11 is 3.56. The van der Waals surface area contributed by atoms with Gasteiger partial charge in [0.2, 0.25) is 0 Å². The Hall–Kier alpha value is 0.400. The smallest absolute Gasteiger partial charge is 0.0939 e. The molecule has 0 N–H and O–H groups in total. The first kappa shape index (κ1) is 11.9. The SMILES string of the molecule is CC(CBr)CC1CCOC2(CCOC2)C1. The Bertz CT molecular complexity index is 202. The largest absolute Gasteiger partial charge is 0.378 e. The Balaban J connectivity index is 1.86. The first-order valence-electron chi connectivity index (χ1n) is 6.02. The van der Waals surface area contributed by atoms with Gasteiger partial charge in [-0.05, 0) is 31.1 Å². The summed E-state index contributed by atoms with van der Waals surface area (Å²) in [6.07, 6.45) is 4.88. The molecule has 3 atom stereocenters. The summed E-state index contributed by atoms with van der Waals surface area (Å²) < 4.78 is 11.4. The predicted molar refractivity (Wildman–Crippen MR) is 64.4 cm³/mol. The van der Waals surface area contributed by atoms with Crippen molar-refractivity contribution >= 4 is 15.9 Å². The number of rotatable bonds is 3. The van der Waals surface area contributed by atoms with Crippen molar-refractivity contribution in [2.45, 2.75) is 38.2 Å². The van der Waals surface area contributed by atoms with E-state index in [-0.39, 0.29) is 5.60 Å². The molecule has 1 spiro atoms. The number of hydrogen-bond donors (Lipinski definition) is 0. The third kappa shape index (κ3) is 2.95. The van der Waals surface area contributed by atoms with Crippen molar-refractivity contribution in [3.8, 4) is 0 Å². The Morgan fingerprint density at radius 1 is 1.47 bits per heavy atom. The molecular weight excluding hydrogens is 256 g/mol. The summed E-state index contributed by atoms with van der Waals surface area (Å²) in [5.74, 6) is 1.63. The van der Waals surface area contributed by atoms with Crippen LogP contribution in [-0.2, 0) is 9.47 Å². The lowest BCUT2D eigenvalue weighted by Crippen LogP contribution is -2.40. The van der Waals surface area contributed by atoms with Crippen molar-refractivity contribution < 1.29 is 9.47 Å². The average molecular weight is 277 g/mol. The molecular formula is C12H21BrO2. The van der Waals surface area contributed by atoms with Gasteiger partial charge in [-0.1, -0.05) is 22.9 Å². The molecule has 2 aliphatic rings. The fourth-order valence-corrected chi connectivity index (χ4v) is 3.09. The van der Waals surface area contributed by atoms with Gasteiger partial charge in [0.1, 0.15) is 0 Å². The molecule has 3 unspecified atom stereocenters. The van der Waals surface area contributed by atoms with Crippen LogP contribution in [0.25, 0.3) is 0 Å². The van der Waals surface area contributed by atoms with Gasteiger partial charge in [-0.3, -0.25) is 0 Å². The molecule has 0 aliphatic carbocycles. The van der Waals surface area contributed by atoms with Crippen LogP contribution in [0.2, 0.25) is 0 Å². The van der Waals surface area contributed by atoms with Gasteiger partial charge in [0, 0.05) is 25.0 Å². The number of alkyl halides is 1. The Morgan fingerprint density at radius 3 is 3.00 bits per heavy atom. The van der Waals surface area contributed by atoms with E-state index in [1.165, 1.54) is 19.3 Å². The molecule has 0 saturated carbocycles. The van der Waals surface area contributed by atoms with Crippen molar-refractivity contribution in [1.82, 2.24) is 0 Å². The number of hydrogen-bond acceptors (Lipinski definition) is 2. The van der Waals surface area contributed by atoms with Crippen molar-refractivity contribution in [1.29, 1.82) is 0 Å². The average Bonchev–Trinajstić information content (AvgIpc) is 2.66. The molecule has 0 aromatic carbocycles. The summed E-state index contributed by atoms with van der Waals surface area (Å²) in [5, 5.41) is 1.12. The van der Waals surface area contributed by atoms with Crippen molar-refractivity contribution in [3.05, 3.63) is 0 Å². The second-order valence-electron chi connectivity index (χ2n) is 5.19. The van der Waals surface area contributed by atoms with Crippen LogP contribution in [0.3, 0.4) is 0 Å². The minimum atomic E-state index is 0.0922. The van der Waals surface area contributed by atoms with Crippen molar-refractivity contribution in [2.75, 3.05) is 25.2 Å². The minimum Gasteiger partial charge on any atom is -0.378 e. The number of halogens is 1. The lowest BCUT2D eigenvalue weighted by atomic mass is 9.81. The number of ether oxygens (including phenoxy) is 2. The van der Waals surface area contributed by atoms with E-state index >= 15 is 0 Å². The van der Waals surface area contributed by atoms with Gasteiger partial charge in [-0.15, -0.1) is 0 Å². The fourth-order valence-electron chi connectivity index (χ4n) is 2.83. The molecule has 2 rings (SSSR count). The summed E-state index contributed by atoms with van der Waals surface area (Å²) in [6.45, 7) is 4.97. The molecule has 15 heavy (non-hydrogen) atoms. The van der Waals surface area contributed by atoms with Crippen LogP contribution < -0.4 is 0 Å². The molecule has 3 heteroatoms. The highest BCUT2D eigenvalue weighted by Gasteiger charge is 2.40. The standard InChI is InChI=1S/C12H21BrO2/c1-10(8-13)6-11-2-4-15-12(7-11)3-5-14-9-12/h10-11H,2-9H2,1H3. The van der Waals surface area contributed by atoms with E-state index < -0.39 is 0 Å². The van der Waals surface area contributed by atoms with Crippen LogP contribution >= 0.6 is 15.9 Å². The summed E-state index contributed by atoms with van der Waals surface area (Å²) in [4.78, 5) is 0. The highest BCUT2D eigenvalue weighted by atomic mass is 79.9. The monoisotopic (exact) mass is 276 g/mol. The zero-order valence-electron chi connectivity index (χ0n) is 9.51. The molecule has 2 heterocycles. The van der Waals surface area contributed by atoms with E-state index in [9.17, 15) is 0 Å². The third-order valence-corrected chi connectivity index (χ3v) is 4.77. The van der Waals surface area contributed by atoms with Gasteiger partial charge >= 0.3 is 0 Å². The maximum absolute atomic E-state index is 5.94. The van der Waals surface area contributed by atoms with Gasteiger partial charge in [-0.25, -0.2) is 0 Å². The van der Waals surface area contributed by atoms with Gasteiger partial charge in [0.25, 0.3) is 0 Å². The Kier molecular flexibility index (Phi) is 4.08. The predicted octanol–water partition coefficient (Wildman–Crippen LogP) is 2.99. The molecule has 0 aromatic rings. The topological polar surface area (TPSA) is 18.5 Å². The van der Waals surface area contributed by atoms with E-state index in [2.05, 4.69) is 22.9 Å². The van der Waals surface area contributed by atoms with Gasteiger partial charge in [-0.2, -0.15) is 0 Å². The van der Waals surface area contributed by atoms with Crippen LogP contribution in [0.15, 0.2) is 0 Å². The normalized spacial score (nSPS) is 38.4. The lowest BCUT2D eigenvalue weighted by Gasteiger charge is -2.37. The summed E-state index contributed by atoms with van der Waals surface area (Å²) in [5.41, 5.74) is 0.0922. The van der Waals surface area contributed by atoms with Gasteiger partial charge in [0.15, 0.2) is 0 Å². The van der Waals surface area contributed by atoms with Crippen molar-refractivity contribution in [2.24, 2.45) is 11.8 Å². The maximum atomic E-state index is 5.94. The quantitative estimate of drug-likeness (QED) is 0.738. The van der Waals surface area contributed by atoms with Crippen molar-refractivity contribution in [3.63, 3.8) is 0 Å². The van der Waals surface area contributed by atoms with Crippen LogP contribution in [0, 0.1) is 11.8 Å². The summed E-state index contributed by atoms with van der Waals surface area (Å²) in [7, 11) is 0. The molecule has 2 saturated heterocycles. The van der Waals surface area contributed by atoms with Crippen LogP contribution in [0.5, 0.6) is 0 Å². The second kappa shape index (κ2) is 5.15. The van der Waals surface area contributed by atoms with E-state index in [0.29, 0.717) is 0 Å². The Labute approximate surface area is 101 Å². The zero-order valence-corrected chi connectivity index (χ0v) is 11.1. The third-order valence-electron chi connectivity index (χ3n) is 3.66. The molecule has 0 bridgehead atoms. The van der Waals surface area contributed by atoms with E-state index in [0.717, 1.165) is 43.4 Å². The highest BCUT2D eigenvalue weighted by Crippen LogP contribution is 2.38. The van der Waals surface area contributed by atoms with Crippen LogP contribution in [0.4, 0.5) is 0 Å². The van der Waals surface area contributed by atoms with Gasteiger partial charge < -0.3 is 9.47 Å². The Morgan fingerprint density at radius 2 is 2.33 bits per heavy atom. The van der Waals surface area contributed by atoms with E-state index in [1.54, 1.807) is 0 Å². The van der Waals surface area contributed by atoms with Crippen LogP contribution in [-0.4, -0.2) is 30.8 Å². The molecule has 2 aliphatic heterocycles. The van der Waals surface area contributed by atoms with E-state index in [4.69, 9.17) is 9.47 Å². The molecule has 0 amide bonds. The van der Waals surface area contributed by atoms with Gasteiger partial charge in [0.05, 0.1) is 12.2 Å². The molecule has 2 nitrogen and oxygen atoms in total. The molecule has 88 valence electrons. The van der Waals surface area contributed by atoms with E-state index in [1.807, 2.05) is 0 Å². The lowest BCUT2D eigenvalue weighted by molar-refractivity contribution is -0.100. The van der Waals surface area contributed by atoms with Crippen LogP contribution in [0.1, 0.15) is 32.6 Å². The molecule has 2 fully saturated rings. The maximum Gasteiger partial charge on any atom is 0.0939 e. The minimum absolute atomic E-state index is 0.0922. The summed E-state index contributed by atoms with van der Waals surface area (Å²) in [6, 6.07) is 0. The highest BCUT2D eigenvalue weighted by molar-refractivity contribution is 9.09.